The van der Waals surface area contributed by atoms with Crippen molar-refractivity contribution in [2.75, 3.05) is 11.9 Å². The van der Waals surface area contributed by atoms with Crippen molar-refractivity contribution >= 4 is 33.4 Å². The minimum Gasteiger partial charge on any atom is -0.481 e. The highest BCUT2D eigenvalue weighted by Crippen LogP contribution is 2.26. The van der Waals surface area contributed by atoms with Gasteiger partial charge in [-0.1, -0.05) is 45.0 Å². The van der Waals surface area contributed by atoms with Gasteiger partial charge in [-0.05, 0) is 47.6 Å². The quantitative estimate of drug-likeness (QED) is 0.249. The number of carboxylic acid groups (broad SMARTS) is 1. The van der Waals surface area contributed by atoms with Crippen molar-refractivity contribution in [3.8, 4) is 0 Å². The van der Waals surface area contributed by atoms with Crippen molar-refractivity contribution in [1.82, 2.24) is 9.71 Å². The van der Waals surface area contributed by atoms with Crippen LogP contribution in [0.1, 0.15) is 51.2 Å². The summed E-state index contributed by atoms with van der Waals surface area (Å²) in [6.45, 7) is 6.34. The molecule has 0 aliphatic rings. The molecule has 33 heavy (non-hydrogen) atoms. The SMILES string of the molecule is CC(C)(C)CN=C(Nc1cccc(C(=CCCCC(=O)O)c2cccnc2)c1)NS(N)(=O)=O. The first-order chi connectivity index (χ1) is 15.4. The number of anilines is 1. The van der Waals surface area contributed by atoms with E-state index in [1.807, 2.05) is 57.2 Å². The molecule has 1 aromatic carbocycles. The van der Waals surface area contributed by atoms with Crippen molar-refractivity contribution in [2.24, 2.45) is 15.5 Å². The summed E-state index contributed by atoms with van der Waals surface area (Å²) >= 11 is 0. The average Bonchev–Trinajstić information content (AvgIpc) is 2.71. The van der Waals surface area contributed by atoms with Crippen LogP contribution in [0.2, 0.25) is 0 Å². The third-order valence-electron chi connectivity index (χ3n) is 4.30. The summed E-state index contributed by atoms with van der Waals surface area (Å²) in [5.41, 5.74) is 3.09. The number of aromatic nitrogens is 1. The maximum atomic E-state index is 11.6. The van der Waals surface area contributed by atoms with E-state index in [1.54, 1.807) is 18.5 Å². The lowest BCUT2D eigenvalue weighted by atomic mass is 9.97. The number of pyridine rings is 1. The largest absolute Gasteiger partial charge is 0.481 e. The summed E-state index contributed by atoms with van der Waals surface area (Å²) in [5, 5.41) is 17.1. The predicted molar refractivity (Wildman–Crippen MR) is 131 cm³/mol. The van der Waals surface area contributed by atoms with Crippen molar-refractivity contribution in [3.63, 3.8) is 0 Å². The number of allylic oxidation sites excluding steroid dienone is 1. The molecule has 178 valence electrons. The molecule has 1 heterocycles. The second kappa shape index (κ2) is 11.6. The molecule has 0 bridgehead atoms. The Morgan fingerprint density at radius 2 is 1.94 bits per heavy atom. The molecule has 10 heteroatoms. The van der Waals surface area contributed by atoms with E-state index in [-0.39, 0.29) is 17.8 Å². The molecule has 0 saturated heterocycles. The fraction of sp³-hybridized carbons (Fsp3) is 0.348. The maximum Gasteiger partial charge on any atom is 0.303 e. The molecule has 5 N–H and O–H groups in total. The molecule has 0 spiro atoms. The Bertz CT molecular complexity index is 1110. The third kappa shape index (κ3) is 10.3. The molecule has 0 saturated carbocycles. The van der Waals surface area contributed by atoms with Crippen molar-refractivity contribution in [1.29, 1.82) is 0 Å². The minimum atomic E-state index is -4.01. The Morgan fingerprint density at radius 3 is 2.55 bits per heavy atom. The molecule has 2 rings (SSSR count). The average molecular weight is 474 g/mol. The maximum absolute atomic E-state index is 11.6. The fourth-order valence-corrected chi connectivity index (χ4v) is 3.26. The number of guanidine groups is 1. The highest BCUT2D eigenvalue weighted by Gasteiger charge is 2.13. The molecule has 0 radical (unpaired) electrons. The van der Waals surface area contributed by atoms with Gasteiger partial charge < -0.3 is 10.4 Å². The van der Waals surface area contributed by atoms with E-state index < -0.39 is 16.2 Å². The van der Waals surface area contributed by atoms with Crippen LogP contribution in [0.5, 0.6) is 0 Å². The van der Waals surface area contributed by atoms with E-state index in [0.29, 0.717) is 25.1 Å². The van der Waals surface area contributed by atoms with E-state index in [9.17, 15) is 13.2 Å². The predicted octanol–water partition coefficient (Wildman–Crippen LogP) is 3.38. The number of nitrogens with two attached hydrogens (primary N) is 1. The second-order valence-electron chi connectivity index (χ2n) is 8.72. The van der Waals surface area contributed by atoms with Gasteiger partial charge in [0.1, 0.15) is 0 Å². The van der Waals surface area contributed by atoms with E-state index in [2.05, 4.69) is 20.0 Å². The van der Waals surface area contributed by atoms with Crippen LogP contribution in [0.15, 0.2) is 59.9 Å². The summed E-state index contributed by atoms with van der Waals surface area (Å²) in [6, 6.07) is 11.1. The number of carbonyl (C=O) groups is 1. The van der Waals surface area contributed by atoms with Gasteiger partial charge in [0.25, 0.3) is 10.2 Å². The number of hydrogen-bond acceptors (Lipinski definition) is 5. The zero-order chi connectivity index (χ0) is 24.5. The number of nitrogens with zero attached hydrogens (tertiary/aromatic N) is 2. The molecule has 0 unspecified atom stereocenters. The monoisotopic (exact) mass is 473 g/mol. The first kappa shape index (κ1) is 26.0. The molecule has 9 nitrogen and oxygen atoms in total. The van der Waals surface area contributed by atoms with Crippen LogP contribution in [0.4, 0.5) is 5.69 Å². The molecule has 1 aromatic heterocycles. The number of aliphatic imine (C=N–C) groups is 1. The molecule has 0 amide bonds. The van der Waals surface area contributed by atoms with Gasteiger partial charge in [-0.15, -0.1) is 0 Å². The van der Waals surface area contributed by atoms with Gasteiger partial charge in [0.15, 0.2) is 0 Å². The van der Waals surface area contributed by atoms with Crippen LogP contribution in [0, 0.1) is 5.41 Å². The molecular weight excluding hydrogens is 442 g/mol. The van der Waals surface area contributed by atoms with Gasteiger partial charge in [0.05, 0.1) is 0 Å². The highest BCUT2D eigenvalue weighted by atomic mass is 32.2. The van der Waals surface area contributed by atoms with Crippen LogP contribution >= 0.6 is 0 Å². The van der Waals surface area contributed by atoms with Gasteiger partial charge in [-0.2, -0.15) is 8.42 Å². The molecule has 2 aromatic rings. The van der Waals surface area contributed by atoms with Crippen LogP contribution in [0.25, 0.3) is 5.57 Å². The standard InChI is InChI=1S/C23H31N5O4S/c1-23(2,3)16-26-22(28-33(24,31)32)27-19-10-6-8-17(14-19)20(11-4-5-12-21(29)30)18-9-7-13-25-15-18/h6-11,13-15H,4-5,12,16H2,1-3H3,(H,29,30)(H2,24,31,32)(H2,26,27,28). The number of hydrogen-bond donors (Lipinski definition) is 4. The molecule has 0 aliphatic heterocycles. The second-order valence-corrected chi connectivity index (χ2v) is 10.0. The Kier molecular flexibility index (Phi) is 9.12. The summed E-state index contributed by atoms with van der Waals surface area (Å²) in [4.78, 5) is 19.4. The van der Waals surface area contributed by atoms with Crippen molar-refractivity contribution in [3.05, 3.63) is 66.0 Å². The third-order valence-corrected chi connectivity index (χ3v) is 4.78. The summed E-state index contributed by atoms with van der Waals surface area (Å²) in [7, 11) is -4.01. The van der Waals surface area contributed by atoms with Crippen LogP contribution < -0.4 is 15.2 Å². The fourth-order valence-electron chi connectivity index (χ4n) is 2.87. The van der Waals surface area contributed by atoms with E-state index in [0.717, 1.165) is 16.7 Å². The Labute approximate surface area is 195 Å². The molecular formula is C23H31N5O4S. The number of nitrogens with one attached hydrogen (secondary N) is 2. The van der Waals surface area contributed by atoms with Gasteiger partial charge in [-0.25, -0.2) is 9.86 Å². The smallest absolute Gasteiger partial charge is 0.303 e. The van der Waals surface area contributed by atoms with Crippen LogP contribution in [-0.2, 0) is 15.0 Å². The minimum absolute atomic E-state index is 0.0259. The van der Waals surface area contributed by atoms with Gasteiger partial charge in [0, 0.05) is 36.6 Å². The van der Waals surface area contributed by atoms with E-state index in [4.69, 9.17) is 10.2 Å². The number of aliphatic carboxylic acids is 1. The Morgan fingerprint density at radius 1 is 1.21 bits per heavy atom. The summed E-state index contributed by atoms with van der Waals surface area (Å²) in [5.74, 6) is -0.806. The lowest BCUT2D eigenvalue weighted by molar-refractivity contribution is -0.137. The van der Waals surface area contributed by atoms with Gasteiger partial charge in [-0.3, -0.25) is 14.8 Å². The summed E-state index contributed by atoms with van der Waals surface area (Å²) < 4.78 is 25.4. The van der Waals surface area contributed by atoms with Crippen molar-refractivity contribution < 1.29 is 18.3 Å². The van der Waals surface area contributed by atoms with Gasteiger partial charge >= 0.3 is 5.97 Å². The lowest BCUT2D eigenvalue weighted by Gasteiger charge is -2.17. The topological polar surface area (TPSA) is 147 Å². The van der Waals surface area contributed by atoms with Crippen LogP contribution in [0.3, 0.4) is 0 Å². The first-order valence-electron chi connectivity index (χ1n) is 10.5. The van der Waals surface area contributed by atoms with Crippen molar-refractivity contribution in [2.45, 2.75) is 40.0 Å². The Balaban J connectivity index is 2.35. The Hall–Kier alpha value is -3.24. The first-order valence-corrected chi connectivity index (χ1v) is 12.0. The number of rotatable bonds is 9. The molecule has 0 aliphatic carbocycles. The number of carboxylic acids is 1. The van der Waals surface area contributed by atoms with Crippen LogP contribution in [-0.4, -0.2) is 37.0 Å². The van der Waals surface area contributed by atoms with E-state index >= 15 is 0 Å². The zero-order valence-electron chi connectivity index (χ0n) is 19.1. The summed E-state index contributed by atoms with van der Waals surface area (Å²) in [6.07, 6.45) is 6.59. The lowest BCUT2D eigenvalue weighted by Crippen LogP contribution is -2.40. The molecule has 0 atom stereocenters. The molecule has 0 fully saturated rings. The zero-order valence-corrected chi connectivity index (χ0v) is 19.9. The van der Waals surface area contributed by atoms with E-state index in [1.165, 1.54) is 0 Å². The number of benzene rings is 1. The normalized spacial score (nSPS) is 13.0. The van der Waals surface area contributed by atoms with Gasteiger partial charge in [0.2, 0.25) is 5.96 Å². The highest BCUT2D eigenvalue weighted by molar-refractivity contribution is 7.87. The number of unbranched alkanes of at least 4 members (excludes halogenated alkanes) is 1.